The molecule has 1 aromatic rings. The fourth-order valence-electron chi connectivity index (χ4n) is 9.97. The average molecular weight is 504 g/mol. The van der Waals surface area contributed by atoms with Gasteiger partial charge in [0.15, 0.2) is 0 Å². The summed E-state index contributed by atoms with van der Waals surface area (Å²) in [6.45, 7) is 15.6. The van der Waals surface area contributed by atoms with Crippen molar-refractivity contribution in [2.75, 3.05) is 0 Å². The van der Waals surface area contributed by atoms with Gasteiger partial charge in [-0.25, -0.2) is 0 Å². The number of nitrogens with one attached hydrogen (secondary N) is 1. The van der Waals surface area contributed by atoms with Gasteiger partial charge in [0.1, 0.15) is 29.3 Å². The van der Waals surface area contributed by atoms with E-state index in [2.05, 4.69) is 52.6 Å². The molecule has 3 aliphatic heterocycles. The summed E-state index contributed by atoms with van der Waals surface area (Å²) in [6.07, 6.45) is 6.60. The second kappa shape index (κ2) is 8.05. The van der Waals surface area contributed by atoms with Crippen LogP contribution in [0.2, 0.25) is 0 Å². The molecule has 3 fully saturated rings. The number of carbonyl (C=O) groups excluding carboxylic acids is 2. The van der Waals surface area contributed by atoms with Crippen molar-refractivity contribution in [3.8, 4) is 5.75 Å². The average Bonchev–Trinajstić information content (AvgIpc) is 3.24. The largest absolute Gasteiger partial charge is 0.490 e. The number of allylic oxidation sites excluding steroid dienone is 3. The van der Waals surface area contributed by atoms with Crippen LogP contribution in [0.5, 0.6) is 5.75 Å². The second-order valence-corrected chi connectivity index (χ2v) is 13.6. The number of carbonyl (C=O) groups is 2. The van der Waals surface area contributed by atoms with Gasteiger partial charge in [-0.2, -0.15) is 0 Å². The van der Waals surface area contributed by atoms with Crippen molar-refractivity contribution in [2.45, 2.75) is 72.1 Å². The maximum absolute atomic E-state index is 14.6. The van der Waals surface area contributed by atoms with Crippen molar-refractivity contribution in [3.05, 3.63) is 54.1 Å². The minimum Gasteiger partial charge on any atom is -0.490 e. The molecule has 37 heavy (non-hydrogen) atoms. The summed E-state index contributed by atoms with van der Waals surface area (Å²) in [7, 11) is 0. The zero-order valence-corrected chi connectivity index (χ0v) is 22.8. The Morgan fingerprint density at radius 3 is 2.49 bits per heavy atom. The van der Waals surface area contributed by atoms with E-state index >= 15 is 0 Å². The van der Waals surface area contributed by atoms with E-state index in [1.807, 2.05) is 30.3 Å². The smallest absolute Gasteiger partial charge is 0.232 e. The molecule has 3 heterocycles. The quantitative estimate of drug-likeness (QED) is 0.414. The lowest BCUT2D eigenvalue weighted by atomic mass is 9.53. The van der Waals surface area contributed by atoms with E-state index in [9.17, 15) is 14.7 Å². The number of amides is 1. The van der Waals surface area contributed by atoms with E-state index in [0.29, 0.717) is 17.8 Å². The number of rotatable bonds is 1. The Labute approximate surface area is 220 Å². The van der Waals surface area contributed by atoms with Crippen LogP contribution < -0.4 is 10.1 Å². The van der Waals surface area contributed by atoms with Crippen LogP contribution in [0.4, 0.5) is 0 Å². The Kier molecular flexibility index (Phi) is 5.42. The number of hydrogen-bond acceptors (Lipinski definition) is 4. The minimum atomic E-state index is -1.43. The monoisotopic (exact) mass is 503 g/mol. The molecule has 0 unspecified atom stereocenters. The minimum absolute atomic E-state index is 0.0102. The Hall–Kier alpha value is -2.40. The first kappa shape index (κ1) is 24.9. The zero-order valence-electron chi connectivity index (χ0n) is 22.8. The molecule has 198 valence electrons. The first-order chi connectivity index (χ1) is 17.4. The van der Waals surface area contributed by atoms with E-state index in [-0.39, 0.29) is 47.9 Å². The van der Waals surface area contributed by atoms with E-state index in [0.717, 1.165) is 24.2 Å². The third-order valence-corrected chi connectivity index (χ3v) is 10.8. The first-order valence-electron chi connectivity index (χ1n) is 14.1. The number of aliphatic hydroxyl groups is 1. The highest BCUT2D eigenvalue weighted by Crippen LogP contribution is 2.68. The molecular formula is C32H41NO4. The summed E-state index contributed by atoms with van der Waals surface area (Å²) < 4.78 is 6.97. The van der Waals surface area contributed by atoms with E-state index in [4.69, 9.17) is 4.74 Å². The lowest BCUT2D eigenvalue weighted by Crippen LogP contribution is -2.50. The molecule has 7 rings (SSSR count). The lowest BCUT2D eigenvalue weighted by Gasteiger charge is -2.50. The number of hydrogen-bond donors (Lipinski definition) is 2. The number of Topliss-reactive ketones (excluding diaryl/α,β-unsaturated/α-hetero) is 1. The molecule has 0 radical (unpaired) electrons. The first-order valence-corrected chi connectivity index (χ1v) is 14.1. The summed E-state index contributed by atoms with van der Waals surface area (Å²) in [5.41, 5.74) is 0.166. The Balaban J connectivity index is 1.59. The van der Waals surface area contributed by atoms with Gasteiger partial charge in [-0.05, 0) is 60.6 Å². The topological polar surface area (TPSA) is 75.6 Å². The summed E-state index contributed by atoms with van der Waals surface area (Å²) in [5.74, 6) is 0.492. The maximum atomic E-state index is 14.6. The van der Waals surface area contributed by atoms with Crippen LogP contribution in [-0.2, 0) is 16.0 Å². The number of benzene rings is 1. The molecule has 1 aromatic carbocycles. The fraction of sp³-hybridized carbons (Fsp3) is 0.625. The molecular weight excluding hydrogens is 462 g/mol. The summed E-state index contributed by atoms with van der Waals surface area (Å²) in [6, 6.07) is 7.92. The fourth-order valence-corrected chi connectivity index (χ4v) is 9.97. The Morgan fingerprint density at radius 2 is 1.81 bits per heavy atom. The lowest BCUT2D eigenvalue weighted by molar-refractivity contribution is -0.139. The Bertz CT molecular complexity index is 1190. The molecule has 5 heteroatoms. The second-order valence-electron chi connectivity index (χ2n) is 13.6. The van der Waals surface area contributed by atoms with Crippen LogP contribution in [0, 0.1) is 52.3 Å². The van der Waals surface area contributed by atoms with E-state index < -0.39 is 23.0 Å². The molecule has 1 saturated heterocycles. The van der Waals surface area contributed by atoms with Gasteiger partial charge < -0.3 is 15.2 Å². The zero-order chi connectivity index (χ0) is 26.5. The van der Waals surface area contributed by atoms with Gasteiger partial charge in [-0.3, -0.25) is 9.59 Å². The van der Waals surface area contributed by atoms with Gasteiger partial charge >= 0.3 is 0 Å². The SMILES string of the molecule is C=C[C@]1(C)C=C(C)[C@@H]2[C@@H]3[C@H](Oc4ccc(cc4)C[C@@]4(O)C[C@H](C(=O)N4)C(=O)[C@H]31)[C@@H]1[C@@H](C)C[C@@H](C)C[C@]12C. The third kappa shape index (κ3) is 3.52. The van der Waals surface area contributed by atoms with Crippen LogP contribution in [0.3, 0.4) is 0 Å². The van der Waals surface area contributed by atoms with Gasteiger partial charge in [-0.15, -0.1) is 6.58 Å². The van der Waals surface area contributed by atoms with Crippen molar-refractivity contribution in [3.63, 3.8) is 0 Å². The highest BCUT2D eigenvalue weighted by molar-refractivity contribution is 6.05. The molecule has 0 spiro atoms. The normalized spacial score (nSPS) is 48.4. The number of ether oxygens (including phenoxy) is 1. The standard InChI is InChI=1S/C32H41NO4/c1-7-30(5)14-19(4)24-23-26(30)27(34)22-16-32(36,33-29(22)35)15-20-8-10-21(11-9-20)37-28(23)25-18(3)12-17(2)13-31(24,25)6/h7-11,14,17-18,22-26,28,36H,1,12-13,15-16H2,2-6H3,(H,33,35)/t17-,18+,22+,23+,24-,25+,26+,28+,30-,31+,32-/m1/s1. The molecule has 1 amide bonds. The van der Waals surface area contributed by atoms with Crippen LogP contribution >= 0.6 is 0 Å². The highest BCUT2D eigenvalue weighted by Gasteiger charge is 2.68. The molecule has 3 aliphatic carbocycles. The molecule has 6 aliphatic rings. The molecule has 0 aromatic heterocycles. The molecule has 5 nitrogen and oxygen atoms in total. The molecule has 2 N–H and O–H groups in total. The van der Waals surface area contributed by atoms with Crippen LogP contribution in [0.15, 0.2) is 48.6 Å². The van der Waals surface area contributed by atoms with Crippen molar-refractivity contribution in [1.82, 2.24) is 5.32 Å². The van der Waals surface area contributed by atoms with Gasteiger partial charge in [0.25, 0.3) is 0 Å². The van der Waals surface area contributed by atoms with Crippen molar-refractivity contribution >= 4 is 11.7 Å². The molecule has 11 atom stereocenters. The van der Waals surface area contributed by atoms with E-state index in [1.54, 1.807) is 0 Å². The van der Waals surface area contributed by atoms with Crippen LogP contribution in [0.1, 0.15) is 59.4 Å². The maximum Gasteiger partial charge on any atom is 0.232 e. The molecule has 2 saturated carbocycles. The van der Waals surface area contributed by atoms with E-state index in [1.165, 1.54) is 5.57 Å². The van der Waals surface area contributed by atoms with Crippen LogP contribution in [0.25, 0.3) is 0 Å². The van der Waals surface area contributed by atoms with Crippen molar-refractivity contribution < 1.29 is 19.4 Å². The Morgan fingerprint density at radius 1 is 1.11 bits per heavy atom. The molecule has 4 bridgehead atoms. The van der Waals surface area contributed by atoms with Gasteiger partial charge in [-0.1, -0.05) is 57.6 Å². The number of fused-ring (bicyclic) bond motifs is 4. The van der Waals surface area contributed by atoms with Gasteiger partial charge in [0.05, 0.1) is 0 Å². The number of ketones is 1. The predicted molar refractivity (Wildman–Crippen MR) is 142 cm³/mol. The van der Waals surface area contributed by atoms with Crippen molar-refractivity contribution in [1.29, 1.82) is 0 Å². The van der Waals surface area contributed by atoms with Gasteiger partial charge in [0.2, 0.25) is 5.91 Å². The highest BCUT2D eigenvalue weighted by atomic mass is 16.5. The van der Waals surface area contributed by atoms with Gasteiger partial charge in [0, 0.05) is 36.0 Å². The summed E-state index contributed by atoms with van der Waals surface area (Å²) >= 11 is 0. The third-order valence-electron chi connectivity index (χ3n) is 10.8. The summed E-state index contributed by atoms with van der Waals surface area (Å²) in [4.78, 5) is 27.8. The predicted octanol–water partition coefficient (Wildman–Crippen LogP) is 5.09. The summed E-state index contributed by atoms with van der Waals surface area (Å²) in [5, 5.41) is 14.1. The van der Waals surface area contributed by atoms with Crippen molar-refractivity contribution in [2.24, 2.45) is 52.3 Å². The van der Waals surface area contributed by atoms with Crippen LogP contribution in [-0.4, -0.2) is 28.6 Å².